The topological polar surface area (TPSA) is 82.8 Å². The number of furan rings is 1. The van der Waals surface area contributed by atoms with Gasteiger partial charge in [0, 0.05) is 24.1 Å². The van der Waals surface area contributed by atoms with Crippen LogP contribution in [0.2, 0.25) is 0 Å². The number of hydrogen-bond acceptors (Lipinski definition) is 4. The summed E-state index contributed by atoms with van der Waals surface area (Å²) in [4.78, 5) is 24.5. The number of carbonyl (C=O) groups is 2. The molecule has 1 atom stereocenters. The molecule has 7 heteroatoms. The van der Waals surface area contributed by atoms with E-state index in [-0.39, 0.29) is 18.3 Å². The molecule has 1 aromatic rings. The second-order valence-corrected chi connectivity index (χ2v) is 5.99. The lowest BCUT2D eigenvalue weighted by Gasteiger charge is -2.31. The molecular formula is C13H18N2O4S. The Labute approximate surface area is 121 Å². The second-order valence-electron chi connectivity index (χ2n) is 4.58. The number of amides is 2. The number of nitrogens with one attached hydrogen (secondary N) is 1. The maximum Gasteiger partial charge on any atom is 0.371 e. The van der Waals surface area contributed by atoms with Gasteiger partial charge in [0.1, 0.15) is 5.76 Å². The van der Waals surface area contributed by atoms with E-state index < -0.39 is 5.97 Å². The Morgan fingerprint density at radius 3 is 3.00 bits per heavy atom. The summed E-state index contributed by atoms with van der Waals surface area (Å²) < 4.78 is 5.09. The van der Waals surface area contributed by atoms with Crippen molar-refractivity contribution < 1.29 is 19.1 Å². The van der Waals surface area contributed by atoms with Gasteiger partial charge in [-0.15, -0.1) is 0 Å². The molecule has 0 bridgehead atoms. The van der Waals surface area contributed by atoms with Crippen molar-refractivity contribution in [1.29, 1.82) is 0 Å². The molecule has 110 valence electrons. The number of aromatic carboxylic acids is 1. The Kier molecular flexibility index (Phi) is 4.94. The number of urea groups is 1. The number of rotatable bonds is 4. The normalized spacial score (nSPS) is 18.9. The van der Waals surface area contributed by atoms with Gasteiger partial charge in [-0.1, -0.05) is 6.92 Å². The molecule has 0 aromatic carbocycles. The van der Waals surface area contributed by atoms with Gasteiger partial charge in [0.2, 0.25) is 5.76 Å². The van der Waals surface area contributed by atoms with E-state index in [1.165, 1.54) is 6.07 Å². The average Bonchev–Trinajstić information content (AvgIpc) is 2.94. The summed E-state index contributed by atoms with van der Waals surface area (Å²) >= 11 is 1.90. The lowest BCUT2D eigenvalue weighted by Crippen LogP contribution is -2.46. The fourth-order valence-corrected chi connectivity index (χ4v) is 3.19. The molecule has 1 fully saturated rings. The van der Waals surface area contributed by atoms with Crippen LogP contribution in [0.3, 0.4) is 0 Å². The maximum absolute atomic E-state index is 12.0. The van der Waals surface area contributed by atoms with E-state index in [2.05, 4.69) is 12.2 Å². The molecule has 2 N–H and O–H groups in total. The van der Waals surface area contributed by atoms with Gasteiger partial charge in [0.25, 0.3) is 0 Å². The fourth-order valence-electron chi connectivity index (χ4n) is 2.01. The standard InChI is InChI=1S/C13H18N2O4S/c1-2-10-8-15(5-6-20-10)13(18)14-7-9-3-4-11(19-9)12(16)17/h3-4,10H,2,5-8H2,1H3,(H,14,18)(H,16,17). The Balaban J connectivity index is 1.83. The van der Waals surface area contributed by atoms with Gasteiger partial charge >= 0.3 is 12.0 Å². The first-order valence-corrected chi connectivity index (χ1v) is 7.61. The SMILES string of the molecule is CCC1CN(C(=O)NCc2ccc(C(=O)O)o2)CCS1. The van der Waals surface area contributed by atoms with Crippen molar-refractivity contribution in [3.8, 4) is 0 Å². The smallest absolute Gasteiger partial charge is 0.371 e. The molecule has 0 spiro atoms. The van der Waals surface area contributed by atoms with Gasteiger partial charge in [-0.2, -0.15) is 11.8 Å². The van der Waals surface area contributed by atoms with E-state index in [1.807, 2.05) is 11.8 Å². The molecule has 0 radical (unpaired) electrons. The zero-order chi connectivity index (χ0) is 14.5. The fraction of sp³-hybridized carbons (Fsp3) is 0.538. The molecule has 1 saturated heterocycles. The number of hydrogen-bond donors (Lipinski definition) is 2. The van der Waals surface area contributed by atoms with Crippen molar-refractivity contribution in [3.63, 3.8) is 0 Å². The quantitative estimate of drug-likeness (QED) is 0.888. The number of carboxylic acids is 1. The van der Waals surface area contributed by atoms with E-state index in [4.69, 9.17) is 9.52 Å². The van der Waals surface area contributed by atoms with E-state index in [9.17, 15) is 9.59 Å². The maximum atomic E-state index is 12.0. The van der Waals surface area contributed by atoms with Crippen LogP contribution in [-0.4, -0.2) is 46.1 Å². The Morgan fingerprint density at radius 1 is 1.55 bits per heavy atom. The van der Waals surface area contributed by atoms with E-state index in [1.54, 1.807) is 11.0 Å². The van der Waals surface area contributed by atoms with Gasteiger partial charge < -0.3 is 19.7 Å². The van der Waals surface area contributed by atoms with Crippen LogP contribution in [0.1, 0.15) is 29.7 Å². The number of nitrogens with zero attached hydrogens (tertiary/aromatic N) is 1. The molecule has 20 heavy (non-hydrogen) atoms. The summed E-state index contributed by atoms with van der Waals surface area (Å²) in [5.74, 6) is 0.167. The highest BCUT2D eigenvalue weighted by molar-refractivity contribution is 8.00. The summed E-state index contributed by atoms with van der Waals surface area (Å²) in [6.07, 6.45) is 1.05. The monoisotopic (exact) mass is 298 g/mol. The van der Waals surface area contributed by atoms with Crippen molar-refractivity contribution in [3.05, 3.63) is 23.7 Å². The summed E-state index contributed by atoms with van der Waals surface area (Å²) in [6, 6.07) is 2.82. The molecular weight excluding hydrogens is 280 g/mol. The summed E-state index contributed by atoms with van der Waals surface area (Å²) in [7, 11) is 0. The number of carbonyl (C=O) groups excluding carboxylic acids is 1. The van der Waals surface area contributed by atoms with Crippen molar-refractivity contribution in [2.24, 2.45) is 0 Å². The van der Waals surface area contributed by atoms with Gasteiger partial charge in [0.15, 0.2) is 0 Å². The van der Waals surface area contributed by atoms with Crippen molar-refractivity contribution in [2.75, 3.05) is 18.8 Å². The molecule has 0 aliphatic carbocycles. The lowest BCUT2D eigenvalue weighted by molar-refractivity contribution is 0.0660. The van der Waals surface area contributed by atoms with Crippen LogP contribution in [0.25, 0.3) is 0 Å². The van der Waals surface area contributed by atoms with E-state index in [0.717, 1.165) is 25.3 Å². The number of thioether (sulfide) groups is 1. The minimum absolute atomic E-state index is 0.116. The molecule has 2 heterocycles. The molecule has 1 aromatic heterocycles. The molecule has 1 aliphatic heterocycles. The summed E-state index contributed by atoms with van der Waals surface area (Å²) in [6.45, 7) is 3.82. The Hall–Kier alpha value is -1.63. The Morgan fingerprint density at radius 2 is 2.35 bits per heavy atom. The van der Waals surface area contributed by atoms with Gasteiger partial charge in [-0.25, -0.2) is 9.59 Å². The summed E-state index contributed by atoms with van der Waals surface area (Å²) in [5, 5.41) is 12.0. The molecule has 2 rings (SSSR count). The van der Waals surface area contributed by atoms with Crippen molar-refractivity contribution >= 4 is 23.8 Å². The van der Waals surface area contributed by atoms with Gasteiger partial charge in [0.05, 0.1) is 6.54 Å². The largest absolute Gasteiger partial charge is 0.475 e. The van der Waals surface area contributed by atoms with Gasteiger partial charge in [-0.3, -0.25) is 0 Å². The second kappa shape index (κ2) is 6.69. The van der Waals surface area contributed by atoms with Crippen LogP contribution in [0, 0.1) is 0 Å². The Bertz CT molecular complexity index is 488. The predicted molar refractivity (Wildman–Crippen MR) is 76.0 cm³/mol. The first-order chi connectivity index (χ1) is 9.60. The third kappa shape index (κ3) is 3.69. The van der Waals surface area contributed by atoms with Crippen LogP contribution in [0.4, 0.5) is 4.79 Å². The third-order valence-electron chi connectivity index (χ3n) is 3.17. The van der Waals surface area contributed by atoms with E-state index in [0.29, 0.717) is 11.0 Å². The molecule has 1 unspecified atom stereocenters. The van der Waals surface area contributed by atoms with E-state index >= 15 is 0 Å². The highest BCUT2D eigenvalue weighted by Crippen LogP contribution is 2.21. The lowest BCUT2D eigenvalue weighted by atomic mass is 10.3. The van der Waals surface area contributed by atoms with Crippen LogP contribution in [0.15, 0.2) is 16.5 Å². The number of carboxylic acid groups (broad SMARTS) is 1. The molecule has 6 nitrogen and oxygen atoms in total. The minimum Gasteiger partial charge on any atom is -0.475 e. The van der Waals surface area contributed by atoms with Gasteiger partial charge in [-0.05, 0) is 18.6 Å². The molecule has 0 saturated carbocycles. The minimum atomic E-state index is -1.11. The summed E-state index contributed by atoms with van der Waals surface area (Å²) in [5.41, 5.74) is 0. The molecule has 2 amide bonds. The van der Waals surface area contributed by atoms with Crippen LogP contribution in [-0.2, 0) is 6.54 Å². The highest BCUT2D eigenvalue weighted by atomic mass is 32.2. The zero-order valence-electron chi connectivity index (χ0n) is 11.3. The molecule has 1 aliphatic rings. The third-order valence-corrected chi connectivity index (χ3v) is 4.54. The average molecular weight is 298 g/mol. The predicted octanol–water partition coefficient (Wildman–Crippen LogP) is 2.01. The van der Waals surface area contributed by atoms with Crippen LogP contribution in [0.5, 0.6) is 0 Å². The zero-order valence-corrected chi connectivity index (χ0v) is 12.1. The van der Waals surface area contributed by atoms with Crippen molar-refractivity contribution in [2.45, 2.75) is 25.1 Å². The van der Waals surface area contributed by atoms with Crippen LogP contribution >= 0.6 is 11.8 Å². The van der Waals surface area contributed by atoms with Crippen LogP contribution < -0.4 is 5.32 Å². The highest BCUT2D eigenvalue weighted by Gasteiger charge is 2.22. The first-order valence-electron chi connectivity index (χ1n) is 6.56. The van der Waals surface area contributed by atoms with Crippen molar-refractivity contribution in [1.82, 2.24) is 10.2 Å². The first kappa shape index (κ1) is 14.8.